The minimum absolute atomic E-state index is 0.257. The molecule has 0 radical (unpaired) electrons. The third kappa shape index (κ3) is 1.36. The van der Waals surface area contributed by atoms with Crippen LogP contribution < -0.4 is 4.74 Å². The normalized spacial score (nSPS) is 31.9. The second-order valence-electron chi connectivity index (χ2n) is 4.60. The summed E-state index contributed by atoms with van der Waals surface area (Å²) in [5.74, 6) is 1.75. The van der Waals surface area contributed by atoms with Crippen molar-refractivity contribution in [3.8, 4) is 5.75 Å². The van der Waals surface area contributed by atoms with E-state index in [4.69, 9.17) is 4.74 Å². The SMILES string of the molecule is CC1Cc2c(cccc2[C@@H]2C[C@H]2C=O)O1. The smallest absolute Gasteiger partial charge is 0.123 e. The van der Waals surface area contributed by atoms with Gasteiger partial charge in [0, 0.05) is 17.9 Å². The third-order valence-electron chi connectivity index (χ3n) is 3.40. The summed E-state index contributed by atoms with van der Waals surface area (Å²) in [6.07, 6.45) is 3.39. The second-order valence-corrected chi connectivity index (χ2v) is 4.60. The Morgan fingerprint density at radius 1 is 1.47 bits per heavy atom. The van der Waals surface area contributed by atoms with Crippen LogP contribution >= 0.6 is 0 Å². The zero-order chi connectivity index (χ0) is 10.4. The molecule has 3 rings (SSSR count). The van der Waals surface area contributed by atoms with Crippen LogP contribution in [0.25, 0.3) is 0 Å². The Kier molecular flexibility index (Phi) is 1.84. The average Bonchev–Trinajstić information content (AvgIpc) is 2.91. The molecule has 0 N–H and O–H groups in total. The van der Waals surface area contributed by atoms with Crippen molar-refractivity contribution in [3.05, 3.63) is 29.3 Å². The van der Waals surface area contributed by atoms with Crippen molar-refractivity contribution in [2.45, 2.75) is 31.8 Å². The molecule has 1 aliphatic heterocycles. The molecule has 1 aliphatic carbocycles. The van der Waals surface area contributed by atoms with Crippen LogP contribution in [0.5, 0.6) is 5.75 Å². The number of aldehydes is 1. The number of carbonyl (C=O) groups is 1. The van der Waals surface area contributed by atoms with Crippen LogP contribution in [0.15, 0.2) is 18.2 Å². The topological polar surface area (TPSA) is 26.3 Å². The van der Waals surface area contributed by atoms with Crippen molar-refractivity contribution in [2.24, 2.45) is 5.92 Å². The summed E-state index contributed by atoms with van der Waals surface area (Å²) in [4.78, 5) is 10.7. The second kappa shape index (κ2) is 3.09. The van der Waals surface area contributed by atoms with Crippen molar-refractivity contribution in [2.75, 3.05) is 0 Å². The van der Waals surface area contributed by atoms with Crippen LogP contribution in [0.4, 0.5) is 0 Å². The van der Waals surface area contributed by atoms with Crippen LogP contribution in [0.3, 0.4) is 0 Å². The Labute approximate surface area is 89.2 Å². The van der Waals surface area contributed by atoms with Gasteiger partial charge in [-0.25, -0.2) is 0 Å². The van der Waals surface area contributed by atoms with E-state index in [1.807, 2.05) is 12.1 Å². The predicted molar refractivity (Wildman–Crippen MR) is 57.1 cm³/mol. The Hall–Kier alpha value is -1.31. The lowest BCUT2D eigenvalue weighted by Gasteiger charge is -2.04. The zero-order valence-electron chi connectivity index (χ0n) is 8.77. The fourth-order valence-corrected chi connectivity index (χ4v) is 2.53. The lowest BCUT2D eigenvalue weighted by Crippen LogP contribution is -2.05. The van der Waals surface area contributed by atoms with Crippen LogP contribution in [0.2, 0.25) is 0 Å². The van der Waals surface area contributed by atoms with Gasteiger partial charge in [-0.1, -0.05) is 12.1 Å². The van der Waals surface area contributed by atoms with E-state index in [1.54, 1.807) is 0 Å². The Morgan fingerprint density at radius 3 is 3.07 bits per heavy atom. The molecule has 15 heavy (non-hydrogen) atoms. The van der Waals surface area contributed by atoms with E-state index in [2.05, 4.69) is 13.0 Å². The zero-order valence-corrected chi connectivity index (χ0v) is 8.77. The van der Waals surface area contributed by atoms with Gasteiger partial charge in [-0.3, -0.25) is 0 Å². The highest BCUT2D eigenvalue weighted by Gasteiger charge is 2.40. The van der Waals surface area contributed by atoms with E-state index in [-0.39, 0.29) is 12.0 Å². The molecule has 1 unspecified atom stereocenters. The summed E-state index contributed by atoms with van der Waals surface area (Å²) in [7, 11) is 0. The summed E-state index contributed by atoms with van der Waals surface area (Å²) < 4.78 is 5.71. The minimum atomic E-state index is 0.257. The van der Waals surface area contributed by atoms with Gasteiger partial charge in [0.1, 0.15) is 18.1 Å². The fourth-order valence-electron chi connectivity index (χ4n) is 2.53. The molecular weight excluding hydrogens is 188 g/mol. The summed E-state index contributed by atoms with van der Waals surface area (Å²) in [6, 6.07) is 6.21. The van der Waals surface area contributed by atoms with Gasteiger partial charge in [0.15, 0.2) is 0 Å². The molecule has 1 heterocycles. The molecule has 0 bridgehead atoms. The van der Waals surface area contributed by atoms with Crippen LogP contribution in [-0.2, 0) is 11.2 Å². The summed E-state index contributed by atoms with van der Waals surface area (Å²) in [6.45, 7) is 2.09. The maximum Gasteiger partial charge on any atom is 0.123 e. The molecule has 78 valence electrons. The molecular formula is C13H14O2. The molecule has 2 nitrogen and oxygen atoms in total. The molecule has 2 heteroatoms. The first-order valence-electron chi connectivity index (χ1n) is 5.53. The number of rotatable bonds is 2. The van der Waals surface area contributed by atoms with Gasteiger partial charge in [0.2, 0.25) is 0 Å². The van der Waals surface area contributed by atoms with E-state index in [0.29, 0.717) is 5.92 Å². The standard InChI is InChI=1S/C13H14O2/c1-8-5-12-10(11-6-9(11)7-14)3-2-4-13(12)15-8/h2-4,7-9,11H,5-6H2,1H3/t8?,9-,11+/m0/s1. The molecule has 1 aromatic carbocycles. The van der Waals surface area contributed by atoms with Gasteiger partial charge in [-0.15, -0.1) is 0 Å². The molecule has 1 saturated carbocycles. The van der Waals surface area contributed by atoms with Crippen LogP contribution in [0, 0.1) is 5.92 Å². The van der Waals surface area contributed by atoms with Crippen molar-refractivity contribution in [1.82, 2.24) is 0 Å². The van der Waals surface area contributed by atoms with Gasteiger partial charge in [-0.05, 0) is 30.9 Å². The van der Waals surface area contributed by atoms with Crippen molar-refractivity contribution >= 4 is 6.29 Å². The van der Waals surface area contributed by atoms with Crippen molar-refractivity contribution in [1.29, 1.82) is 0 Å². The Morgan fingerprint density at radius 2 is 2.33 bits per heavy atom. The first-order chi connectivity index (χ1) is 7.29. The Balaban J connectivity index is 1.97. The Bertz CT molecular complexity index is 411. The largest absolute Gasteiger partial charge is 0.490 e. The summed E-state index contributed by atoms with van der Waals surface area (Å²) >= 11 is 0. The van der Waals surface area contributed by atoms with E-state index >= 15 is 0 Å². The van der Waals surface area contributed by atoms with E-state index < -0.39 is 0 Å². The number of carbonyl (C=O) groups excluding carboxylic acids is 1. The molecule has 0 amide bonds. The highest BCUT2D eigenvalue weighted by Crippen LogP contribution is 2.49. The molecule has 0 aromatic heterocycles. The highest BCUT2D eigenvalue weighted by molar-refractivity contribution is 5.63. The van der Waals surface area contributed by atoms with Crippen LogP contribution in [-0.4, -0.2) is 12.4 Å². The van der Waals surface area contributed by atoms with Gasteiger partial charge >= 0.3 is 0 Å². The number of hydrogen-bond acceptors (Lipinski definition) is 2. The summed E-state index contributed by atoms with van der Waals surface area (Å²) in [5, 5.41) is 0. The average molecular weight is 202 g/mol. The first kappa shape index (κ1) is 8.96. The molecule has 0 spiro atoms. The maximum absolute atomic E-state index is 10.7. The lowest BCUT2D eigenvalue weighted by molar-refractivity contribution is -0.108. The van der Waals surface area contributed by atoms with E-state index in [0.717, 1.165) is 24.9 Å². The van der Waals surface area contributed by atoms with Gasteiger partial charge < -0.3 is 9.53 Å². The van der Waals surface area contributed by atoms with Crippen LogP contribution in [0.1, 0.15) is 30.4 Å². The quantitative estimate of drug-likeness (QED) is 0.688. The predicted octanol–water partition coefficient (Wildman–Crippen LogP) is 2.31. The highest BCUT2D eigenvalue weighted by atomic mass is 16.5. The third-order valence-corrected chi connectivity index (χ3v) is 3.40. The number of hydrogen-bond donors (Lipinski definition) is 0. The number of fused-ring (bicyclic) bond motifs is 1. The monoisotopic (exact) mass is 202 g/mol. The number of benzene rings is 1. The summed E-state index contributed by atoms with van der Waals surface area (Å²) in [5.41, 5.74) is 2.67. The number of ether oxygens (including phenoxy) is 1. The van der Waals surface area contributed by atoms with Gasteiger partial charge in [0.05, 0.1) is 0 Å². The van der Waals surface area contributed by atoms with E-state index in [9.17, 15) is 4.79 Å². The van der Waals surface area contributed by atoms with Crippen molar-refractivity contribution in [3.63, 3.8) is 0 Å². The maximum atomic E-state index is 10.7. The molecule has 3 atom stereocenters. The minimum Gasteiger partial charge on any atom is -0.490 e. The molecule has 0 saturated heterocycles. The lowest BCUT2D eigenvalue weighted by atomic mass is 9.99. The molecule has 2 aliphatic rings. The van der Waals surface area contributed by atoms with E-state index in [1.165, 1.54) is 11.1 Å². The molecule has 1 aromatic rings. The first-order valence-corrected chi connectivity index (χ1v) is 5.53. The fraction of sp³-hybridized carbons (Fsp3) is 0.462. The molecule has 1 fully saturated rings. The van der Waals surface area contributed by atoms with Gasteiger partial charge in [-0.2, -0.15) is 0 Å². The van der Waals surface area contributed by atoms with Gasteiger partial charge in [0.25, 0.3) is 0 Å². The van der Waals surface area contributed by atoms with Crippen molar-refractivity contribution < 1.29 is 9.53 Å².